The van der Waals surface area contributed by atoms with Crippen LogP contribution in [0.4, 0.5) is 0 Å². The molecule has 4 aromatic carbocycles. The minimum absolute atomic E-state index is 0.0602. The Morgan fingerprint density at radius 2 is 0.945 bits per heavy atom. The maximum atomic E-state index is 13.5. The van der Waals surface area contributed by atoms with Crippen LogP contribution >= 0.6 is 11.8 Å². The van der Waals surface area contributed by atoms with E-state index < -0.39 is 84.2 Å². The van der Waals surface area contributed by atoms with Crippen molar-refractivity contribution in [2.45, 2.75) is 86.1 Å². The number of hydrogen-bond acceptors (Lipinski definition) is 13. The van der Waals surface area contributed by atoms with E-state index in [1.165, 1.54) is 0 Å². The highest BCUT2D eigenvalue weighted by molar-refractivity contribution is 8.00. The predicted molar refractivity (Wildman–Crippen MR) is 198 cm³/mol. The van der Waals surface area contributed by atoms with Crippen molar-refractivity contribution in [3.05, 3.63) is 143 Å². The second kappa shape index (κ2) is 16.5. The van der Waals surface area contributed by atoms with Gasteiger partial charge in [-0.15, -0.1) is 0 Å². The molecule has 288 valence electrons. The number of rotatable bonds is 8. The lowest BCUT2D eigenvalue weighted by atomic mass is 9.98. The standard InChI is InChI=1S/C42H42O12S/c1-23-13-17-25(18-14-23)37(45)51-35-31(43)41(49-29-21-47-39(53-33(29)35)27-9-5-3-6-10-27)55-42-32(44)36(52-38(46)26-19-15-24(2)16-20-26)34-30(50-42)22-48-40(54-34)28-11-7-4-8-12-28/h3-20,29-36,39-44H,21-22H2,1-2H3/t29-,30-,31-,32-,33+,34+,35-,36-,39+,40+,41+,42+/m1/s1. The average Bonchev–Trinajstić information content (AvgIpc) is 3.21. The molecule has 4 aromatic rings. The molecule has 4 heterocycles. The molecular weight excluding hydrogens is 729 g/mol. The maximum absolute atomic E-state index is 13.5. The Bertz CT molecular complexity index is 1770. The summed E-state index contributed by atoms with van der Waals surface area (Å²) >= 11 is 0.971. The summed E-state index contributed by atoms with van der Waals surface area (Å²) in [6.45, 7) is 3.94. The lowest BCUT2D eigenvalue weighted by Crippen LogP contribution is -2.64. The summed E-state index contributed by atoms with van der Waals surface area (Å²) < 4.78 is 49.6. The zero-order valence-corrected chi connectivity index (χ0v) is 30.9. The van der Waals surface area contributed by atoms with Gasteiger partial charge in [0, 0.05) is 11.1 Å². The highest BCUT2D eigenvalue weighted by Gasteiger charge is 2.56. The Labute approximate surface area is 322 Å². The number of carbonyl (C=O) groups is 2. The Kier molecular flexibility index (Phi) is 11.3. The average molecular weight is 771 g/mol. The molecule has 0 spiro atoms. The monoisotopic (exact) mass is 770 g/mol. The number of esters is 2. The SMILES string of the molecule is Cc1ccc(C(=O)O[C@@H]2[C@@H](O)[C@H](S[C@@H]3O[C@@H]4CO[C@H](c5ccccc5)O[C@@H]4[C@H](OC(=O)c4ccc(C)cc4)[C@H]3O)O[C@@H]3CO[C@H](c4ccccc4)O[C@H]23)cc1. The number of benzene rings is 4. The quantitative estimate of drug-likeness (QED) is 0.227. The van der Waals surface area contributed by atoms with Crippen LogP contribution in [0.15, 0.2) is 109 Å². The molecule has 13 heteroatoms. The van der Waals surface area contributed by atoms with Gasteiger partial charge in [0.25, 0.3) is 0 Å². The summed E-state index contributed by atoms with van der Waals surface area (Å²) in [5, 5.41) is 23.9. The highest BCUT2D eigenvalue weighted by Crippen LogP contribution is 2.44. The number of fused-ring (bicyclic) bond motifs is 2. The zero-order chi connectivity index (χ0) is 38.1. The summed E-state index contributed by atoms with van der Waals surface area (Å²) in [6.07, 6.45) is -10.2. The molecule has 0 unspecified atom stereocenters. The van der Waals surface area contributed by atoms with E-state index in [4.69, 9.17) is 37.9 Å². The lowest BCUT2D eigenvalue weighted by molar-refractivity contribution is -0.321. The minimum Gasteiger partial charge on any atom is -0.453 e. The van der Waals surface area contributed by atoms with Crippen LogP contribution in [0.2, 0.25) is 0 Å². The third-order valence-corrected chi connectivity index (χ3v) is 11.4. The number of aryl methyl sites for hydroxylation is 2. The van der Waals surface area contributed by atoms with Crippen molar-refractivity contribution in [3.8, 4) is 0 Å². The molecule has 0 amide bonds. The molecule has 4 fully saturated rings. The number of aliphatic hydroxyl groups excluding tert-OH is 2. The molecule has 4 aliphatic heterocycles. The molecule has 0 bridgehead atoms. The van der Waals surface area contributed by atoms with Crippen molar-refractivity contribution in [1.82, 2.24) is 0 Å². The Morgan fingerprint density at radius 3 is 1.33 bits per heavy atom. The molecule has 12 atom stereocenters. The predicted octanol–water partition coefficient (Wildman–Crippen LogP) is 5.19. The van der Waals surface area contributed by atoms with Crippen LogP contribution in [0.25, 0.3) is 0 Å². The minimum atomic E-state index is -1.45. The fourth-order valence-corrected chi connectivity index (χ4v) is 8.38. The van der Waals surface area contributed by atoms with E-state index >= 15 is 0 Å². The van der Waals surface area contributed by atoms with E-state index in [9.17, 15) is 19.8 Å². The third kappa shape index (κ3) is 8.22. The zero-order valence-electron chi connectivity index (χ0n) is 30.1. The van der Waals surface area contributed by atoms with Crippen LogP contribution in [0.5, 0.6) is 0 Å². The van der Waals surface area contributed by atoms with E-state index in [1.54, 1.807) is 48.5 Å². The fraction of sp³-hybridized carbons (Fsp3) is 0.381. The maximum Gasteiger partial charge on any atom is 0.338 e. The molecule has 2 N–H and O–H groups in total. The van der Waals surface area contributed by atoms with Gasteiger partial charge in [0.2, 0.25) is 0 Å². The first-order valence-electron chi connectivity index (χ1n) is 18.2. The normalized spacial score (nSPS) is 33.1. The molecule has 12 nitrogen and oxygen atoms in total. The Morgan fingerprint density at radius 1 is 0.564 bits per heavy atom. The van der Waals surface area contributed by atoms with Gasteiger partial charge in [-0.3, -0.25) is 0 Å². The first-order valence-corrected chi connectivity index (χ1v) is 19.2. The molecule has 55 heavy (non-hydrogen) atoms. The summed E-state index contributed by atoms with van der Waals surface area (Å²) in [5.41, 5.74) is 1.84. The Balaban J connectivity index is 1.04. The van der Waals surface area contributed by atoms with Crippen LogP contribution in [0.1, 0.15) is 55.5 Å². The van der Waals surface area contributed by atoms with Crippen LogP contribution < -0.4 is 0 Å². The summed E-state index contributed by atoms with van der Waals surface area (Å²) in [4.78, 5) is 27.0. The van der Waals surface area contributed by atoms with E-state index in [0.29, 0.717) is 11.1 Å². The van der Waals surface area contributed by atoms with Gasteiger partial charge in [-0.1, -0.05) is 108 Å². The highest BCUT2D eigenvalue weighted by atomic mass is 32.2. The van der Waals surface area contributed by atoms with Crippen LogP contribution in [-0.2, 0) is 37.9 Å². The number of aliphatic hydroxyl groups is 2. The molecule has 0 aromatic heterocycles. The van der Waals surface area contributed by atoms with Crippen molar-refractivity contribution in [3.63, 3.8) is 0 Å². The van der Waals surface area contributed by atoms with E-state index in [-0.39, 0.29) is 13.2 Å². The molecule has 0 aliphatic carbocycles. The van der Waals surface area contributed by atoms with E-state index in [0.717, 1.165) is 34.0 Å². The number of carbonyl (C=O) groups excluding carboxylic acids is 2. The first kappa shape index (κ1) is 37.8. The summed E-state index contributed by atoms with van der Waals surface area (Å²) in [5.74, 6) is -1.30. The van der Waals surface area contributed by atoms with E-state index in [1.807, 2.05) is 74.5 Å². The topological polar surface area (TPSA) is 148 Å². The van der Waals surface area contributed by atoms with Crippen molar-refractivity contribution < 1.29 is 57.7 Å². The fourth-order valence-electron chi connectivity index (χ4n) is 7.07. The Hall–Kier alpha value is -4.15. The van der Waals surface area contributed by atoms with Gasteiger partial charge >= 0.3 is 11.9 Å². The van der Waals surface area contributed by atoms with Crippen molar-refractivity contribution in [2.24, 2.45) is 0 Å². The summed E-state index contributed by atoms with van der Waals surface area (Å²) in [6, 6.07) is 32.4. The third-order valence-electron chi connectivity index (χ3n) is 10.1. The molecule has 0 radical (unpaired) electrons. The molecule has 4 saturated heterocycles. The first-order chi connectivity index (χ1) is 26.7. The summed E-state index contributed by atoms with van der Waals surface area (Å²) in [7, 11) is 0. The van der Waals surface area contributed by atoms with Crippen molar-refractivity contribution in [2.75, 3.05) is 13.2 Å². The van der Waals surface area contributed by atoms with Gasteiger partial charge in [0.1, 0.15) is 47.5 Å². The van der Waals surface area contributed by atoms with Gasteiger partial charge < -0.3 is 48.1 Å². The van der Waals surface area contributed by atoms with Gasteiger partial charge in [-0.25, -0.2) is 9.59 Å². The van der Waals surface area contributed by atoms with Gasteiger partial charge in [0.05, 0.1) is 24.3 Å². The lowest BCUT2D eigenvalue weighted by Gasteiger charge is -2.50. The molecule has 4 aliphatic rings. The number of ether oxygens (including phenoxy) is 8. The second-order valence-corrected chi connectivity index (χ2v) is 15.2. The van der Waals surface area contributed by atoms with E-state index in [2.05, 4.69) is 0 Å². The van der Waals surface area contributed by atoms with Gasteiger partial charge in [-0.2, -0.15) is 0 Å². The molecule has 8 rings (SSSR count). The largest absolute Gasteiger partial charge is 0.453 e. The number of hydrogen-bond donors (Lipinski definition) is 2. The van der Waals surface area contributed by atoms with Crippen molar-refractivity contribution >= 4 is 23.7 Å². The molecular formula is C42H42O12S. The van der Waals surface area contributed by atoms with Crippen LogP contribution in [0, 0.1) is 13.8 Å². The van der Waals surface area contributed by atoms with Crippen molar-refractivity contribution in [1.29, 1.82) is 0 Å². The number of thioether (sulfide) groups is 1. The smallest absolute Gasteiger partial charge is 0.338 e. The second-order valence-electron chi connectivity index (χ2n) is 14.0. The van der Waals surface area contributed by atoms with Gasteiger partial charge in [-0.05, 0) is 38.1 Å². The van der Waals surface area contributed by atoms with Crippen LogP contribution in [-0.4, -0.2) is 95.1 Å². The van der Waals surface area contributed by atoms with Crippen LogP contribution in [0.3, 0.4) is 0 Å². The van der Waals surface area contributed by atoms with Gasteiger partial charge in [0.15, 0.2) is 24.8 Å². The molecule has 0 saturated carbocycles.